The molecule has 3 aromatic carbocycles. The van der Waals surface area contributed by atoms with Crippen molar-refractivity contribution in [1.82, 2.24) is 9.55 Å². The maximum Gasteiger partial charge on any atom is 0.324 e. The summed E-state index contributed by atoms with van der Waals surface area (Å²) in [5.74, 6) is -3.88. The Morgan fingerprint density at radius 3 is 1.74 bits per heavy atom. The minimum Gasteiger partial charge on any atom is -0.498 e. The number of benzene rings is 3. The van der Waals surface area contributed by atoms with Crippen molar-refractivity contribution in [3.05, 3.63) is 137 Å². The van der Waals surface area contributed by atoms with Crippen molar-refractivity contribution in [2.75, 3.05) is 20.1 Å². The Balaban J connectivity index is 1.88. The Labute approximate surface area is 255 Å². The number of allylic oxidation sites excluding steroid dienone is 1. The summed E-state index contributed by atoms with van der Waals surface area (Å²) in [6.07, 6.45) is 3.14. The topological polar surface area (TPSA) is 111 Å². The van der Waals surface area contributed by atoms with Gasteiger partial charge in [-0.3, -0.25) is 9.59 Å². The van der Waals surface area contributed by atoms with Gasteiger partial charge in [-0.2, -0.15) is 0 Å². The summed E-state index contributed by atoms with van der Waals surface area (Å²) in [4.78, 5) is 31.1. The molecule has 1 aromatic heterocycles. The number of carbonyl (C=O) groups is 2. The largest absolute Gasteiger partial charge is 0.498 e. The Morgan fingerprint density at radius 1 is 0.884 bits per heavy atom. The fraction of sp³-hybridized carbons (Fsp3) is 0.265. The second-order valence-corrected chi connectivity index (χ2v) is 11.0. The van der Waals surface area contributed by atoms with Gasteiger partial charge in [0.2, 0.25) is 0 Å². The van der Waals surface area contributed by atoms with Crippen LogP contribution in [-0.2, 0) is 30.0 Å². The van der Waals surface area contributed by atoms with Crippen molar-refractivity contribution in [2.45, 2.75) is 24.3 Å². The Hall–Kier alpha value is -4.56. The SMILES string of the molecule is COC1=C(OC)C(C(=O)O)(c2cn(C(c3ccccc3)(c3ccccc3)c3ccccc3)cn2)C(C)C(CCl)(C(=O)O)C1. The molecule has 1 aliphatic carbocycles. The van der Waals surface area contributed by atoms with Gasteiger partial charge < -0.3 is 24.3 Å². The Bertz CT molecular complexity index is 1540. The number of carboxylic acid groups (broad SMARTS) is 2. The third-order valence-corrected chi connectivity index (χ3v) is 9.44. The molecule has 4 aromatic rings. The summed E-state index contributed by atoms with van der Waals surface area (Å²) in [6, 6.07) is 29.6. The van der Waals surface area contributed by atoms with Crippen molar-refractivity contribution < 1.29 is 29.3 Å². The van der Waals surface area contributed by atoms with Crippen molar-refractivity contribution in [3.63, 3.8) is 0 Å². The van der Waals surface area contributed by atoms with Gasteiger partial charge >= 0.3 is 11.9 Å². The van der Waals surface area contributed by atoms with Crippen LogP contribution in [0.25, 0.3) is 0 Å². The Kier molecular flexibility index (Phi) is 8.08. The highest BCUT2D eigenvalue weighted by Crippen LogP contribution is 2.56. The first-order valence-electron chi connectivity index (χ1n) is 13.8. The first-order valence-corrected chi connectivity index (χ1v) is 14.3. The molecule has 2 N–H and O–H groups in total. The number of carboxylic acids is 2. The van der Waals surface area contributed by atoms with Gasteiger partial charge in [0.25, 0.3) is 0 Å². The number of alkyl halides is 1. The van der Waals surface area contributed by atoms with E-state index in [0.29, 0.717) is 0 Å². The van der Waals surface area contributed by atoms with Crippen LogP contribution in [0.5, 0.6) is 0 Å². The summed E-state index contributed by atoms with van der Waals surface area (Å²) >= 11 is 6.36. The zero-order chi connectivity index (χ0) is 30.8. The lowest BCUT2D eigenvalue weighted by Crippen LogP contribution is -2.58. The molecule has 0 bridgehead atoms. The molecule has 0 radical (unpaired) electrons. The third kappa shape index (κ3) is 4.31. The van der Waals surface area contributed by atoms with Gasteiger partial charge in [-0.25, -0.2) is 4.98 Å². The standard InChI is InChI=1S/C34H33ClN2O6/c1-23-32(21-35,30(38)39)19-27(42-2)29(43-3)33(23,31(40)41)28-20-37(22-36-28)34(24-13-7-4-8-14-24,25-15-9-5-10-16-25)26-17-11-6-12-18-26/h4-18,20,22-23H,19,21H2,1-3H3,(H,38,39)(H,40,41). The molecular formula is C34H33ClN2O6. The van der Waals surface area contributed by atoms with Gasteiger partial charge in [0.15, 0.2) is 11.2 Å². The number of aliphatic carboxylic acids is 2. The van der Waals surface area contributed by atoms with E-state index < -0.39 is 34.2 Å². The first kappa shape index (κ1) is 29.9. The fourth-order valence-electron chi connectivity index (χ4n) is 6.70. The average molecular weight is 601 g/mol. The third-order valence-electron chi connectivity index (χ3n) is 8.97. The second-order valence-electron chi connectivity index (χ2n) is 10.7. The highest BCUT2D eigenvalue weighted by atomic mass is 35.5. The van der Waals surface area contributed by atoms with Crippen LogP contribution in [0.1, 0.15) is 35.7 Å². The van der Waals surface area contributed by atoms with Gasteiger partial charge in [-0.05, 0) is 16.7 Å². The van der Waals surface area contributed by atoms with Crippen molar-refractivity contribution >= 4 is 23.5 Å². The molecule has 1 heterocycles. The van der Waals surface area contributed by atoms with Gasteiger partial charge in [0, 0.05) is 24.4 Å². The van der Waals surface area contributed by atoms with E-state index in [1.54, 1.807) is 19.4 Å². The summed E-state index contributed by atoms with van der Waals surface area (Å²) in [5.41, 5.74) is -1.83. The molecule has 8 nitrogen and oxygen atoms in total. The number of aromatic nitrogens is 2. The van der Waals surface area contributed by atoms with E-state index in [4.69, 9.17) is 26.1 Å². The van der Waals surface area contributed by atoms with Crippen LogP contribution in [0.15, 0.2) is 115 Å². The number of ether oxygens (including phenoxy) is 2. The lowest BCUT2D eigenvalue weighted by Gasteiger charge is -2.48. The molecule has 1 aliphatic rings. The summed E-state index contributed by atoms with van der Waals surface area (Å²) < 4.78 is 13.2. The zero-order valence-electron chi connectivity index (χ0n) is 24.1. The molecule has 0 amide bonds. The van der Waals surface area contributed by atoms with E-state index in [9.17, 15) is 19.8 Å². The first-order chi connectivity index (χ1) is 20.7. The van der Waals surface area contributed by atoms with Crippen molar-refractivity contribution in [3.8, 4) is 0 Å². The van der Waals surface area contributed by atoms with E-state index in [1.807, 2.05) is 95.6 Å². The number of halogens is 1. The van der Waals surface area contributed by atoms with Crippen molar-refractivity contribution in [2.24, 2.45) is 11.3 Å². The lowest BCUT2D eigenvalue weighted by atomic mass is 9.56. The maximum absolute atomic E-state index is 13.6. The van der Waals surface area contributed by atoms with E-state index in [0.717, 1.165) is 16.7 Å². The van der Waals surface area contributed by atoms with E-state index >= 15 is 0 Å². The number of methoxy groups -OCH3 is 2. The monoisotopic (exact) mass is 600 g/mol. The minimum absolute atomic E-state index is 0.00743. The second kappa shape index (κ2) is 11.6. The maximum atomic E-state index is 13.6. The molecule has 43 heavy (non-hydrogen) atoms. The molecule has 222 valence electrons. The molecule has 0 fully saturated rings. The van der Waals surface area contributed by atoms with Gasteiger partial charge in [-0.15, -0.1) is 11.6 Å². The summed E-state index contributed by atoms with van der Waals surface area (Å²) in [7, 11) is 2.72. The van der Waals surface area contributed by atoms with E-state index in [2.05, 4.69) is 0 Å². The molecule has 3 unspecified atom stereocenters. The smallest absolute Gasteiger partial charge is 0.324 e. The van der Waals surface area contributed by atoms with Crippen LogP contribution in [0.4, 0.5) is 0 Å². The predicted molar refractivity (Wildman–Crippen MR) is 162 cm³/mol. The molecule has 0 spiro atoms. The number of hydrogen-bond donors (Lipinski definition) is 2. The minimum atomic E-state index is -2.04. The van der Waals surface area contributed by atoms with Crippen LogP contribution in [0, 0.1) is 11.3 Å². The zero-order valence-corrected chi connectivity index (χ0v) is 24.9. The number of nitrogens with zero attached hydrogens (tertiary/aromatic N) is 2. The molecule has 0 saturated carbocycles. The molecule has 0 saturated heterocycles. The van der Waals surface area contributed by atoms with Crippen LogP contribution >= 0.6 is 11.6 Å². The normalized spacial score (nSPS) is 22.2. The summed E-state index contributed by atoms with van der Waals surface area (Å²) in [6.45, 7) is 1.58. The van der Waals surface area contributed by atoms with Gasteiger partial charge in [0.1, 0.15) is 11.3 Å². The number of imidazole rings is 1. The van der Waals surface area contributed by atoms with Gasteiger partial charge in [0.05, 0.1) is 31.7 Å². The average Bonchev–Trinajstić information content (AvgIpc) is 3.53. The molecule has 3 atom stereocenters. The van der Waals surface area contributed by atoms with Gasteiger partial charge in [-0.1, -0.05) is 97.9 Å². The number of hydrogen-bond acceptors (Lipinski definition) is 5. The molecule has 9 heteroatoms. The van der Waals surface area contributed by atoms with E-state index in [-0.39, 0.29) is 29.5 Å². The van der Waals surface area contributed by atoms with E-state index in [1.165, 1.54) is 14.2 Å². The molecule has 0 aliphatic heterocycles. The highest BCUT2D eigenvalue weighted by Gasteiger charge is 2.66. The molecule has 5 rings (SSSR count). The van der Waals surface area contributed by atoms with Crippen LogP contribution in [0.2, 0.25) is 0 Å². The van der Waals surface area contributed by atoms with Crippen molar-refractivity contribution in [1.29, 1.82) is 0 Å². The molecular weight excluding hydrogens is 568 g/mol. The predicted octanol–water partition coefficient (Wildman–Crippen LogP) is 5.90. The van der Waals surface area contributed by atoms with Crippen LogP contribution < -0.4 is 0 Å². The highest BCUT2D eigenvalue weighted by molar-refractivity contribution is 6.20. The fourth-order valence-corrected chi connectivity index (χ4v) is 7.14. The van der Waals surface area contributed by atoms with Crippen LogP contribution in [0.3, 0.4) is 0 Å². The summed E-state index contributed by atoms with van der Waals surface area (Å²) in [5, 5.41) is 21.5. The quantitative estimate of drug-likeness (QED) is 0.172. The lowest BCUT2D eigenvalue weighted by molar-refractivity contribution is -0.161. The number of rotatable bonds is 10. The van der Waals surface area contributed by atoms with Crippen LogP contribution in [-0.4, -0.2) is 51.8 Å². The Morgan fingerprint density at radius 2 is 1.37 bits per heavy atom.